The van der Waals surface area contributed by atoms with E-state index in [1.54, 1.807) is 13.2 Å². The fourth-order valence-electron chi connectivity index (χ4n) is 4.20. The quantitative estimate of drug-likeness (QED) is 0.431. The first-order valence-electron chi connectivity index (χ1n) is 11.0. The van der Waals surface area contributed by atoms with Crippen LogP contribution in [0.1, 0.15) is 28.8 Å². The lowest BCUT2D eigenvalue weighted by Crippen LogP contribution is -2.32. The van der Waals surface area contributed by atoms with Gasteiger partial charge in [0.1, 0.15) is 17.5 Å². The Hall–Kier alpha value is -3.72. The van der Waals surface area contributed by atoms with E-state index < -0.39 is 17.5 Å². The minimum absolute atomic E-state index is 0.103. The van der Waals surface area contributed by atoms with Crippen LogP contribution in [0, 0.1) is 11.6 Å². The number of carbonyl (C=O) groups excluding carboxylic acids is 1. The molecule has 1 aliphatic rings. The zero-order chi connectivity index (χ0) is 24.1. The zero-order valence-electron chi connectivity index (χ0n) is 18.9. The number of primary amides is 1. The van der Waals surface area contributed by atoms with Gasteiger partial charge in [-0.2, -0.15) is 0 Å². The van der Waals surface area contributed by atoms with E-state index in [0.29, 0.717) is 29.7 Å². The number of benzene rings is 2. The summed E-state index contributed by atoms with van der Waals surface area (Å²) >= 11 is 0. The lowest BCUT2D eigenvalue weighted by Gasteiger charge is -2.26. The molecule has 34 heavy (non-hydrogen) atoms. The number of pyridine rings is 1. The van der Waals surface area contributed by atoms with Crippen molar-refractivity contribution >= 4 is 28.8 Å². The molecule has 1 unspecified atom stereocenters. The van der Waals surface area contributed by atoms with E-state index in [0.717, 1.165) is 36.8 Å². The van der Waals surface area contributed by atoms with E-state index in [1.807, 2.05) is 24.3 Å². The number of anilines is 4. The van der Waals surface area contributed by atoms with Crippen molar-refractivity contribution in [1.82, 2.24) is 4.98 Å². The molecule has 3 aromatic rings. The molecule has 1 atom stereocenters. The Kier molecular flexibility index (Phi) is 7.22. The minimum Gasteiger partial charge on any atom is -0.383 e. The fourth-order valence-corrected chi connectivity index (χ4v) is 4.20. The van der Waals surface area contributed by atoms with Gasteiger partial charge in [-0.1, -0.05) is 0 Å². The third-order valence-electron chi connectivity index (χ3n) is 5.78. The van der Waals surface area contributed by atoms with Crippen LogP contribution in [-0.2, 0) is 11.3 Å². The number of nitrogens with zero attached hydrogens (tertiary/aromatic N) is 2. The highest BCUT2D eigenvalue weighted by atomic mass is 19.1. The van der Waals surface area contributed by atoms with Crippen LogP contribution in [0.4, 0.5) is 31.7 Å². The number of rotatable bonds is 9. The topological polar surface area (TPSA) is 92.5 Å². The fraction of sp³-hybridized carbons (Fsp3) is 0.280. The van der Waals surface area contributed by atoms with Gasteiger partial charge in [0.2, 0.25) is 0 Å². The second-order valence-corrected chi connectivity index (χ2v) is 8.23. The molecular formula is C25H27F2N5O2. The molecule has 2 aromatic carbocycles. The molecule has 4 N–H and O–H groups in total. The van der Waals surface area contributed by atoms with E-state index in [-0.39, 0.29) is 12.1 Å². The van der Waals surface area contributed by atoms with E-state index in [9.17, 15) is 13.6 Å². The first kappa shape index (κ1) is 23.4. The van der Waals surface area contributed by atoms with Gasteiger partial charge in [-0.05, 0) is 54.8 Å². The van der Waals surface area contributed by atoms with Crippen molar-refractivity contribution in [3.8, 4) is 0 Å². The predicted octanol–water partition coefficient (Wildman–Crippen LogP) is 4.43. The summed E-state index contributed by atoms with van der Waals surface area (Å²) < 4.78 is 32.3. The Morgan fingerprint density at radius 2 is 1.91 bits per heavy atom. The van der Waals surface area contributed by atoms with Crippen molar-refractivity contribution in [2.75, 3.05) is 35.8 Å². The monoisotopic (exact) mass is 467 g/mol. The number of hydrogen-bond donors (Lipinski definition) is 3. The van der Waals surface area contributed by atoms with Crippen LogP contribution < -0.4 is 21.3 Å². The lowest BCUT2D eigenvalue weighted by molar-refractivity contribution is 0.100. The van der Waals surface area contributed by atoms with Crippen LogP contribution in [0.2, 0.25) is 0 Å². The standard InChI is InChI=1S/C25H27F2N5O2/c1-34-15-21-3-2-8-32(21)20-6-4-19(5-7-20)31-24-12-23(22(14-30-24)25(28)33)29-13-16-9-17(26)11-18(27)10-16/h4-7,9-12,14,21H,2-3,8,13,15H2,1H3,(H2,28,33)(H2,29,30,31). The Morgan fingerprint density at radius 1 is 1.18 bits per heavy atom. The van der Waals surface area contributed by atoms with Crippen LogP contribution in [0.3, 0.4) is 0 Å². The largest absolute Gasteiger partial charge is 0.383 e. The van der Waals surface area contributed by atoms with Crippen LogP contribution in [-0.4, -0.2) is 37.2 Å². The highest BCUT2D eigenvalue weighted by molar-refractivity contribution is 5.98. The van der Waals surface area contributed by atoms with Gasteiger partial charge >= 0.3 is 0 Å². The molecule has 7 nitrogen and oxygen atoms in total. The molecule has 0 spiro atoms. The number of halogens is 2. The molecule has 0 aliphatic carbocycles. The SMILES string of the molecule is COCC1CCCN1c1ccc(Nc2cc(NCc3cc(F)cc(F)c3)c(C(N)=O)cn2)cc1. The van der Waals surface area contributed by atoms with Crippen molar-refractivity contribution in [3.05, 3.63) is 77.5 Å². The highest BCUT2D eigenvalue weighted by Gasteiger charge is 2.24. The molecule has 0 radical (unpaired) electrons. The van der Waals surface area contributed by atoms with Gasteiger partial charge in [0.25, 0.3) is 5.91 Å². The first-order chi connectivity index (χ1) is 16.4. The van der Waals surface area contributed by atoms with Crippen LogP contribution >= 0.6 is 0 Å². The third kappa shape index (κ3) is 5.60. The summed E-state index contributed by atoms with van der Waals surface area (Å²) in [7, 11) is 1.72. The molecule has 9 heteroatoms. The molecule has 1 saturated heterocycles. The molecule has 1 amide bonds. The number of hydrogen-bond acceptors (Lipinski definition) is 6. The average Bonchev–Trinajstić information content (AvgIpc) is 3.26. The molecule has 178 valence electrons. The van der Waals surface area contributed by atoms with Gasteiger partial charge in [-0.15, -0.1) is 0 Å². The first-order valence-corrected chi connectivity index (χ1v) is 11.0. The molecule has 0 saturated carbocycles. The summed E-state index contributed by atoms with van der Waals surface area (Å²) in [6.07, 6.45) is 3.62. The van der Waals surface area contributed by atoms with E-state index >= 15 is 0 Å². The second kappa shape index (κ2) is 10.5. The number of aromatic nitrogens is 1. The molecule has 4 rings (SSSR count). The van der Waals surface area contributed by atoms with E-state index in [4.69, 9.17) is 10.5 Å². The van der Waals surface area contributed by atoms with Gasteiger partial charge in [-0.3, -0.25) is 4.79 Å². The summed E-state index contributed by atoms with van der Waals surface area (Å²) in [4.78, 5) is 18.5. The maximum atomic E-state index is 13.5. The summed E-state index contributed by atoms with van der Waals surface area (Å²) in [5.41, 5.74) is 8.40. The van der Waals surface area contributed by atoms with Crippen molar-refractivity contribution in [2.24, 2.45) is 5.73 Å². The smallest absolute Gasteiger partial charge is 0.252 e. The molecule has 2 heterocycles. The predicted molar refractivity (Wildman–Crippen MR) is 128 cm³/mol. The van der Waals surface area contributed by atoms with Gasteiger partial charge in [0.05, 0.1) is 23.9 Å². The maximum Gasteiger partial charge on any atom is 0.252 e. The van der Waals surface area contributed by atoms with Gasteiger partial charge < -0.3 is 26.0 Å². The average molecular weight is 468 g/mol. The van der Waals surface area contributed by atoms with Crippen LogP contribution in [0.25, 0.3) is 0 Å². The molecular weight excluding hydrogens is 440 g/mol. The van der Waals surface area contributed by atoms with Crippen LogP contribution in [0.15, 0.2) is 54.7 Å². The van der Waals surface area contributed by atoms with Crippen molar-refractivity contribution < 1.29 is 18.3 Å². The number of nitrogens with two attached hydrogens (primary N) is 1. The van der Waals surface area contributed by atoms with Gasteiger partial charge in [-0.25, -0.2) is 13.8 Å². The number of nitrogens with one attached hydrogen (secondary N) is 2. The number of carbonyl (C=O) groups is 1. The summed E-state index contributed by atoms with van der Waals surface area (Å²) in [5, 5.41) is 6.24. The molecule has 1 aromatic heterocycles. The van der Waals surface area contributed by atoms with Crippen LogP contribution in [0.5, 0.6) is 0 Å². The van der Waals surface area contributed by atoms with Gasteiger partial charge in [0, 0.05) is 49.9 Å². The second-order valence-electron chi connectivity index (χ2n) is 8.23. The molecule has 1 aliphatic heterocycles. The van der Waals surface area contributed by atoms with E-state index in [1.165, 1.54) is 18.3 Å². The molecule has 0 bridgehead atoms. The normalized spacial score (nSPS) is 15.4. The summed E-state index contributed by atoms with van der Waals surface area (Å²) in [6.45, 7) is 1.81. The number of ether oxygens (including phenoxy) is 1. The third-order valence-corrected chi connectivity index (χ3v) is 5.78. The van der Waals surface area contributed by atoms with Crippen molar-refractivity contribution in [3.63, 3.8) is 0 Å². The Balaban J connectivity index is 1.48. The van der Waals surface area contributed by atoms with Crippen molar-refractivity contribution in [2.45, 2.75) is 25.4 Å². The van der Waals surface area contributed by atoms with Gasteiger partial charge in [0.15, 0.2) is 0 Å². The highest BCUT2D eigenvalue weighted by Crippen LogP contribution is 2.28. The number of methoxy groups -OCH3 is 1. The Bertz CT molecular complexity index is 1140. The van der Waals surface area contributed by atoms with Crippen molar-refractivity contribution in [1.29, 1.82) is 0 Å². The molecule has 1 fully saturated rings. The summed E-state index contributed by atoms with van der Waals surface area (Å²) in [6, 6.07) is 13.3. The maximum absolute atomic E-state index is 13.5. The summed E-state index contributed by atoms with van der Waals surface area (Å²) in [5.74, 6) is -1.51. The minimum atomic E-state index is -0.671. The Labute approximate surface area is 196 Å². The Morgan fingerprint density at radius 3 is 2.59 bits per heavy atom. The number of amides is 1. The van der Waals surface area contributed by atoms with E-state index in [2.05, 4.69) is 20.5 Å². The zero-order valence-corrected chi connectivity index (χ0v) is 18.9. The lowest BCUT2D eigenvalue weighted by atomic mass is 10.1.